The van der Waals surface area contributed by atoms with E-state index in [1.807, 2.05) is 0 Å². The molecule has 2 rings (SSSR count). The highest BCUT2D eigenvalue weighted by molar-refractivity contribution is 6.28. The highest BCUT2D eigenvalue weighted by Crippen LogP contribution is 2.57. The number of hydrogen-bond donors (Lipinski definition) is 0. The molecule has 2 aliphatic rings. The second-order valence-electron chi connectivity index (χ2n) is 3.38. The summed E-state index contributed by atoms with van der Waals surface area (Å²) in [5.74, 6) is 2.39. The molecule has 0 aliphatic heterocycles. The molecule has 2 fully saturated rings. The van der Waals surface area contributed by atoms with Gasteiger partial charge in [-0.2, -0.15) is 0 Å². The quantitative estimate of drug-likeness (QED) is 0.561. The lowest BCUT2D eigenvalue weighted by atomic mass is 10.1. The number of rotatable bonds is 2. The van der Waals surface area contributed by atoms with Crippen LogP contribution in [-0.2, 0) is 4.79 Å². The van der Waals surface area contributed by atoms with E-state index in [2.05, 4.69) is 0 Å². The molecule has 0 N–H and O–H groups in total. The number of carbonyl (C=O) groups is 1. The van der Waals surface area contributed by atoms with Crippen LogP contribution < -0.4 is 0 Å². The van der Waals surface area contributed by atoms with Gasteiger partial charge in [0.1, 0.15) is 0 Å². The third-order valence-corrected chi connectivity index (χ3v) is 3.17. The number of fused-ring (bicyclic) bond motifs is 1. The predicted octanol–water partition coefficient (Wildman–Crippen LogP) is 1.84. The molecule has 0 radical (unpaired) electrons. The molecule has 2 unspecified atom stereocenters. The van der Waals surface area contributed by atoms with Crippen molar-refractivity contribution >= 4 is 17.4 Å². The van der Waals surface area contributed by atoms with Gasteiger partial charge >= 0.3 is 0 Å². The largest absolute Gasteiger partial charge is 0.298 e. The van der Waals surface area contributed by atoms with Crippen molar-refractivity contribution in [2.24, 2.45) is 17.8 Å². The van der Waals surface area contributed by atoms with Gasteiger partial charge in [-0.15, -0.1) is 11.6 Å². The Bertz CT molecular complexity index is 157. The Morgan fingerprint density at radius 2 is 2.00 bits per heavy atom. The minimum absolute atomic E-state index is 0.234. The zero-order valence-corrected chi connectivity index (χ0v) is 6.60. The molecule has 10 heavy (non-hydrogen) atoms. The van der Waals surface area contributed by atoms with Crippen molar-refractivity contribution in [3.63, 3.8) is 0 Å². The van der Waals surface area contributed by atoms with Gasteiger partial charge in [-0.25, -0.2) is 0 Å². The molecule has 0 aromatic rings. The molecule has 0 heterocycles. The summed E-state index contributed by atoms with van der Waals surface area (Å²) in [5, 5.41) is 0. The minimum Gasteiger partial charge on any atom is -0.298 e. The smallest absolute Gasteiger partial charge is 0.151 e. The summed E-state index contributed by atoms with van der Waals surface area (Å²) in [7, 11) is 0. The van der Waals surface area contributed by atoms with E-state index >= 15 is 0 Å². The van der Waals surface area contributed by atoms with E-state index in [0.29, 0.717) is 5.92 Å². The lowest BCUT2D eigenvalue weighted by Crippen LogP contribution is -2.06. The van der Waals surface area contributed by atoms with Gasteiger partial charge in [0.2, 0.25) is 0 Å². The van der Waals surface area contributed by atoms with Crippen LogP contribution in [0.5, 0.6) is 0 Å². The molecule has 0 amide bonds. The molecule has 0 aromatic heterocycles. The van der Waals surface area contributed by atoms with Gasteiger partial charge in [0.25, 0.3) is 0 Å². The molecule has 0 saturated heterocycles. The van der Waals surface area contributed by atoms with E-state index in [0.717, 1.165) is 11.8 Å². The van der Waals surface area contributed by atoms with Crippen molar-refractivity contribution in [2.45, 2.75) is 19.3 Å². The van der Waals surface area contributed by atoms with Crippen LogP contribution in [0.1, 0.15) is 19.3 Å². The standard InChI is InChI=1S/C8H11ClO/c9-4-7(10)8-5-2-1-3-6(5)8/h5-6,8H,1-4H2. The van der Waals surface area contributed by atoms with Gasteiger partial charge in [-0.1, -0.05) is 6.42 Å². The Labute approximate surface area is 65.7 Å². The SMILES string of the molecule is O=C(CCl)C1C2CCCC21. The number of hydrogen-bond acceptors (Lipinski definition) is 1. The first-order valence-corrected chi connectivity index (χ1v) is 4.46. The lowest BCUT2D eigenvalue weighted by Gasteiger charge is -1.96. The van der Waals surface area contributed by atoms with Crippen LogP contribution in [-0.4, -0.2) is 11.7 Å². The molecule has 1 nitrogen and oxygen atoms in total. The van der Waals surface area contributed by atoms with Crippen molar-refractivity contribution in [3.8, 4) is 0 Å². The van der Waals surface area contributed by atoms with E-state index in [-0.39, 0.29) is 11.7 Å². The van der Waals surface area contributed by atoms with E-state index in [1.165, 1.54) is 19.3 Å². The highest BCUT2D eigenvalue weighted by Gasteiger charge is 2.55. The Balaban J connectivity index is 1.94. The average molecular weight is 159 g/mol. The summed E-state index contributed by atoms with van der Waals surface area (Å²) in [4.78, 5) is 11.1. The van der Waals surface area contributed by atoms with Gasteiger partial charge in [0, 0.05) is 5.92 Å². The fourth-order valence-electron chi connectivity index (χ4n) is 2.39. The van der Waals surface area contributed by atoms with Crippen LogP contribution in [0.25, 0.3) is 0 Å². The normalized spacial score (nSPS) is 43.1. The van der Waals surface area contributed by atoms with Crippen molar-refractivity contribution in [2.75, 3.05) is 5.88 Å². The molecular weight excluding hydrogens is 148 g/mol. The first-order chi connectivity index (χ1) is 4.84. The topological polar surface area (TPSA) is 17.1 Å². The van der Waals surface area contributed by atoms with Crippen LogP contribution in [0.15, 0.2) is 0 Å². The van der Waals surface area contributed by atoms with Gasteiger partial charge in [0.15, 0.2) is 5.78 Å². The fourth-order valence-corrected chi connectivity index (χ4v) is 2.57. The molecule has 2 heteroatoms. The first kappa shape index (κ1) is 6.66. The van der Waals surface area contributed by atoms with E-state index in [1.54, 1.807) is 0 Å². The maximum Gasteiger partial charge on any atom is 0.151 e. The summed E-state index contributed by atoms with van der Waals surface area (Å²) in [5.41, 5.74) is 0. The van der Waals surface area contributed by atoms with Gasteiger partial charge in [-0.3, -0.25) is 4.79 Å². The number of alkyl halides is 1. The maximum absolute atomic E-state index is 11.1. The second kappa shape index (κ2) is 2.23. The highest BCUT2D eigenvalue weighted by atomic mass is 35.5. The monoisotopic (exact) mass is 158 g/mol. The zero-order valence-electron chi connectivity index (χ0n) is 5.85. The van der Waals surface area contributed by atoms with Crippen LogP contribution >= 0.6 is 11.6 Å². The molecule has 2 atom stereocenters. The summed E-state index contributed by atoms with van der Waals surface area (Å²) < 4.78 is 0. The molecular formula is C8H11ClO. The summed E-state index contributed by atoms with van der Waals surface area (Å²) >= 11 is 5.45. The maximum atomic E-state index is 11.1. The zero-order chi connectivity index (χ0) is 7.14. The Kier molecular flexibility index (Phi) is 1.48. The molecule has 0 bridgehead atoms. The Hall–Kier alpha value is -0.0400. The molecule has 0 spiro atoms. The summed E-state index contributed by atoms with van der Waals surface area (Å²) in [6.45, 7) is 0. The van der Waals surface area contributed by atoms with E-state index in [9.17, 15) is 4.79 Å². The average Bonchev–Trinajstić information content (AvgIpc) is 2.43. The van der Waals surface area contributed by atoms with Crippen LogP contribution in [0, 0.1) is 17.8 Å². The van der Waals surface area contributed by atoms with E-state index in [4.69, 9.17) is 11.6 Å². The fraction of sp³-hybridized carbons (Fsp3) is 0.875. The predicted molar refractivity (Wildman–Crippen MR) is 40.0 cm³/mol. The molecule has 0 aromatic carbocycles. The third kappa shape index (κ3) is 0.800. The molecule has 2 aliphatic carbocycles. The Morgan fingerprint density at radius 3 is 2.50 bits per heavy atom. The third-order valence-electron chi connectivity index (χ3n) is 2.91. The summed E-state index contributed by atoms with van der Waals surface area (Å²) in [6.07, 6.45) is 3.89. The van der Waals surface area contributed by atoms with Crippen LogP contribution in [0.4, 0.5) is 0 Å². The van der Waals surface area contributed by atoms with Gasteiger partial charge in [-0.05, 0) is 24.7 Å². The van der Waals surface area contributed by atoms with Crippen molar-refractivity contribution < 1.29 is 4.79 Å². The molecule has 2 saturated carbocycles. The van der Waals surface area contributed by atoms with Gasteiger partial charge < -0.3 is 0 Å². The Morgan fingerprint density at radius 1 is 1.40 bits per heavy atom. The van der Waals surface area contributed by atoms with Crippen molar-refractivity contribution in [1.29, 1.82) is 0 Å². The van der Waals surface area contributed by atoms with Crippen LogP contribution in [0.2, 0.25) is 0 Å². The minimum atomic E-state index is 0.234. The van der Waals surface area contributed by atoms with E-state index < -0.39 is 0 Å². The first-order valence-electron chi connectivity index (χ1n) is 3.93. The lowest BCUT2D eigenvalue weighted by molar-refractivity contribution is -0.118. The van der Waals surface area contributed by atoms with Crippen molar-refractivity contribution in [1.82, 2.24) is 0 Å². The van der Waals surface area contributed by atoms with Crippen LogP contribution in [0.3, 0.4) is 0 Å². The number of Topliss-reactive ketones (excluding diaryl/α,β-unsaturated/α-hetero) is 1. The number of carbonyl (C=O) groups excluding carboxylic acids is 1. The molecule has 56 valence electrons. The number of halogens is 1. The second-order valence-corrected chi connectivity index (χ2v) is 3.65. The van der Waals surface area contributed by atoms with Gasteiger partial charge in [0.05, 0.1) is 5.88 Å². The number of ketones is 1. The summed E-state index contributed by atoms with van der Waals surface area (Å²) in [6, 6.07) is 0. The van der Waals surface area contributed by atoms with Crippen molar-refractivity contribution in [3.05, 3.63) is 0 Å².